The zero-order chi connectivity index (χ0) is 18.9. The Hall–Kier alpha value is -2.82. The van der Waals surface area contributed by atoms with Crippen molar-refractivity contribution in [1.29, 1.82) is 0 Å². The molecule has 0 saturated heterocycles. The first-order valence-corrected chi connectivity index (χ1v) is 8.72. The van der Waals surface area contributed by atoms with Crippen LogP contribution in [0.4, 0.5) is 5.69 Å². The molecule has 0 unspecified atom stereocenters. The number of carbonyl (C=O) groups excluding carboxylic acids is 2. The third kappa shape index (κ3) is 5.92. The van der Waals surface area contributed by atoms with Gasteiger partial charge in [0.25, 0.3) is 5.91 Å². The second kappa shape index (κ2) is 9.61. The molecule has 0 aromatic heterocycles. The van der Waals surface area contributed by atoms with E-state index in [1.54, 1.807) is 6.92 Å². The van der Waals surface area contributed by atoms with Gasteiger partial charge < -0.3 is 14.8 Å². The molecule has 2 aromatic carbocycles. The number of hydrogen-bond donors (Lipinski definition) is 1. The third-order valence-corrected chi connectivity index (χ3v) is 4.08. The lowest BCUT2D eigenvalue weighted by Crippen LogP contribution is -2.30. The smallest absolute Gasteiger partial charge is 0.306 e. The summed E-state index contributed by atoms with van der Waals surface area (Å²) in [5, 5.41) is 2.80. The molecule has 1 N–H and O–H groups in total. The highest BCUT2D eigenvalue weighted by Crippen LogP contribution is 2.18. The summed E-state index contributed by atoms with van der Waals surface area (Å²) in [4.78, 5) is 24.1. The number of nitrogens with one attached hydrogen (secondary N) is 1. The summed E-state index contributed by atoms with van der Waals surface area (Å²) in [5.74, 6) is 0.0139. The number of hydrogen-bond acceptors (Lipinski definition) is 4. The van der Waals surface area contributed by atoms with E-state index in [4.69, 9.17) is 9.47 Å². The number of benzene rings is 2. The number of carbonyl (C=O) groups is 2. The minimum atomic E-state index is -0.850. The average molecular weight is 355 g/mol. The Balaban J connectivity index is 1.72. The molecule has 0 aliphatic carbocycles. The summed E-state index contributed by atoms with van der Waals surface area (Å²) in [6.07, 6.45) is -0.120. The van der Waals surface area contributed by atoms with Crippen molar-refractivity contribution in [1.82, 2.24) is 0 Å². The van der Waals surface area contributed by atoms with E-state index in [2.05, 4.69) is 5.32 Å². The Kier molecular flexibility index (Phi) is 7.21. The second-order valence-corrected chi connectivity index (χ2v) is 6.13. The number of esters is 1. The van der Waals surface area contributed by atoms with Crippen molar-refractivity contribution in [2.24, 2.45) is 0 Å². The Morgan fingerprint density at radius 2 is 1.77 bits per heavy atom. The molecular weight excluding hydrogens is 330 g/mol. The molecule has 5 heteroatoms. The highest BCUT2D eigenvalue weighted by molar-refractivity contribution is 5.95. The molecule has 0 saturated carbocycles. The van der Waals surface area contributed by atoms with Gasteiger partial charge in [-0.05, 0) is 56.5 Å². The fourth-order valence-corrected chi connectivity index (χ4v) is 2.35. The van der Waals surface area contributed by atoms with Crippen molar-refractivity contribution in [3.8, 4) is 5.75 Å². The maximum atomic E-state index is 12.2. The van der Waals surface area contributed by atoms with Gasteiger partial charge in [0.1, 0.15) is 5.75 Å². The maximum absolute atomic E-state index is 12.2. The van der Waals surface area contributed by atoms with Crippen LogP contribution in [-0.2, 0) is 14.3 Å². The second-order valence-electron chi connectivity index (χ2n) is 6.13. The Morgan fingerprint density at radius 1 is 1.04 bits per heavy atom. The van der Waals surface area contributed by atoms with E-state index in [0.29, 0.717) is 13.0 Å². The minimum absolute atomic E-state index is 0.202. The molecule has 1 atom stereocenters. The average Bonchev–Trinajstić information content (AvgIpc) is 2.63. The molecule has 0 heterocycles. The van der Waals surface area contributed by atoms with Gasteiger partial charge >= 0.3 is 5.97 Å². The zero-order valence-electron chi connectivity index (χ0n) is 15.5. The number of ether oxygens (including phenoxy) is 2. The fourth-order valence-electron chi connectivity index (χ4n) is 2.35. The number of rotatable bonds is 8. The van der Waals surface area contributed by atoms with Crippen LogP contribution in [0.15, 0.2) is 48.5 Å². The molecule has 0 radical (unpaired) electrons. The minimum Gasteiger partial charge on any atom is -0.494 e. The molecule has 0 aliphatic rings. The van der Waals surface area contributed by atoms with Gasteiger partial charge in [-0.2, -0.15) is 0 Å². The van der Waals surface area contributed by atoms with Crippen LogP contribution >= 0.6 is 0 Å². The standard InChI is InChI=1S/C21H25NO4/c1-15-9-7-12-19(16(15)2)22-21(24)17(3)26-20(23)13-8-14-25-18-10-5-4-6-11-18/h4-7,9-12,17H,8,13-14H2,1-3H3,(H,22,24)/t17-/m0/s1. The summed E-state index contributed by atoms with van der Waals surface area (Å²) in [6.45, 7) is 5.90. The molecule has 0 bridgehead atoms. The lowest BCUT2D eigenvalue weighted by Gasteiger charge is -2.15. The van der Waals surface area contributed by atoms with Crippen LogP contribution in [0.1, 0.15) is 30.9 Å². The van der Waals surface area contributed by atoms with Crippen LogP contribution in [0.3, 0.4) is 0 Å². The van der Waals surface area contributed by atoms with Crippen LogP contribution in [-0.4, -0.2) is 24.6 Å². The molecule has 0 fully saturated rings. The Morgan fingerprint density at radius 3 is 2.50 bits per heavy atom. The summed E-state index contributed by atoms with van der Waals surface area (Å²) >= 11 is 0. The molecule has 1 amide bonds. The third-order valence-electron chi connectivity index (χ3n) is 4.08. The van der Waals surface area contributed by atoms with Crippen LogP contribution < -0.4 is 10.1 Å². The van der Waals surface area contributed by atoms with Gasteiger partial charge in [-0.1, -0.05) is 30.3 Å². The zero-order valence-corrected chi connectivity index (χ0v) is 15.5. The summed E-state index contributed by atoms with van der Waals surface area (Å²) in [6, 6.07) is 15.1. The quantitative estimate of drug-likeness (QED) is 0.573. The highest BCUT2D eigenvalue weighted by Gasteiger charge is 2.18. The Bertz CT molecular complexity index is 743. The highest BCUT2D eigenvalue weighted by atomic mass is 16.5. The summed E-state index contributed by atoms with van der Waals surface area (Å²) in [5.41, 5.74) is 2.82. The molecule has 138 valence electrons. The van der Waals surface area contributed by atoms with Crippen LogP contribution in [0, 0.1) is 13.8 Å². The predicted octanol–water partition coefficient (Wildman–Crippen LogP) is 4.03. The van der Waals surface area contributed by atoms with Crippen molar-refractivity contribution in [3.05, 3.63) is 59.7 Å². The molecule has 26 heavy (non-hydrogen) atoms. The summed E-state index contributed by atoms with van der Waals surface area (Å²) < 4.78 is 10.7. The normalized spacial score (nSPS) is 11.5. The van der Waals surface area contributed by atoms with Crippen molar-refractivity contribution >= 4 is 17.6 Å². The van der Waals surface area contributed by atoms with Gasteiger partial charge in [0, 0.05) is 12.1 Å². The van der Waals surface area contributed by atoms with Crippen LogP contribution in [0.5, 0.6) is 5.75 Å². The summed E-state index contributed by atoms with van der Waals surface area (Å²) in [7, 11) is 0. The number of aryl methyl sites for hydroxylation is 1. The van der Waals surface area contributed by atoms with Crippen LogP contribution in [0.2, 0.25) is 0 Å². The lowest BCUT2D eigenvalue weighted by atomic mass is 10.1. The first-order chi connectivity index (χ1) is 12.5. The van der Waals surface area contributed by atoms with E-state index in [1.165, 1.54) is 0 Å². The van der Waals surface area contributed by atoms with Gasteiger partial charge in [0.15, 0.2) is 6.10 Å². The predicted molar refractivity (Wildman–Crippen MR) is 101 cm³/mol. The van der Waals surface area contributed by atoms with Gasteiger partial charge in [0.2, 0.25) is 0 Å². The SMILES string of the molecule is Cc1cccc(NC(=O)[C@H](C)OC(=O)CCCOc2ccccc2)c1C. The molecule has 0 spiro atoms. The monoisotopic (exact) mass is 355 g/mol. The topological polar surface area (TPSA) is 64.6 Å². The van der Waals surface area contributed by atoms with E-state index in [0.717, 1.165) is 22.6 Å². The van der Waals surface area contributed by atoms with E-state index in [-0.39, 0.29) is 12.3 Å². The van der Waals surface area contributed by atoms with Crippen molar-refractivity contribution in [2.75, 3.05) is 11.9 Å². The fraction of sp³-hybridized carbons (Fsp3) is 0.333. The number of amides is 1. The Labute approximate surface area is 154 Å². The van der Waals surface area contributed by atoms with Gasteiger partial charge in [-0.25, -0.2) is 0 Å². The van der Waals surface area contributed by atoms with E-state index in [1.807, 2.05) is 62.4 Å². The van der Waals surface area contributed by atoms with Gasteiger partial charge in [-0.15, -0.1) is 0 Å². The largest absolute Gasteiger partial charge is 0.494 e. The van der Waals surface area contributed by atoms with E-state index >= 15 is 0 Å². The van der Waals surface area contributed by atoms with Gasteiger partial charge in [0.05, 0.1) is 6.61 Å². The van der Waals surface area contributed by atoms with E-state index in [9.17, 15) is 9.59 Å². The number of anilines is 1. The molecule has 5 nitrogen and oxygen atoms in total. The van der Waals surface area contributed by atoms with Crippen molar-refractivity contribution in [2.45, 2.75) is 39.7 Å². The molecular formula is C21H25NO4. The van der Waals surface area contributed by atoms with Crippen molar-refractivity contribution < 1.29 is 19.1 Å². The van der Waals surface area contributed by atoms with Crippen molar-refractivity contribution in [3.63, 3.8) is 0 Å². The number of para-hydroxylation sites is 1. The molecule has 2 rings (SSSR count). The lowest BCUT2D eigenvalue weighted by molar-refractivity contribution is -0.153. The van der Waals surface area contributed by atoms with Crippen LogP contribution in [0.25, 0.3) is 0 Å². The molecule has 0 aliphatic heterocycles. The first-order valence-electron chi connectivity index (χ1n) is 8.72. The molecule has 2 aromatic rings. The maximum Gasteiger partial charge on any atom is 0.306 e. The first kappa shape index (κ1) is 19.5. The van der Waals surface area contributed by atoms with Gasteiger partial charge in [-0.3, -0.25) is 9.59 Å². The van der Waals surface area contributed by atoms with E-state index < -0.39 is 12.1 Å².